The van der Waals surface area contributed by atoms with E-state index in [2.05, 4.69) is 22.0 Å². The van der Waals surface area contributed by atoms with E-state index in [1.807, 2.05) is 24.3 Å². The van der Waals surface area contributed by atoms with Gasteiger partial charge in [0.2, 0.25) is 0 Å². The third-order valence-corrected chi connectivity index (χ3v) is 10.7. The van der Waals surface area contributed by atoms with Gasteiger partial charge in [-0.3, -0.25) is 4.90 Å². The molecule has 4 bridgehead atoms. The Kier molecular flexibility index (Phi) is 7.68. The van der Waals surface area contributed by atoms with Crippen LogP contribution in [0.1, 0.15) is 39.0 Å². The monoisotopic (exact) mass is 631 g/mol. The number of halogens is 2. The average molecular weight is 632 g/mol. The summed E-state index contributed by atoms with van der Waals surface area (Å²) in [6, 6.07) is 14.5. The molecule has 0 radical (unpaired) electrons. The quantitative estimate of drug-likeness (QED) is 0.239. The highest BCUT2D eigenvalue weighted by Crippen LogP contribution is 2.43. The zero-order chi connectivity index (χ0) is 30.7. The fourth-order valence-electron chi connectivity index (χ4n) is 7.99. The van der Waals surface area contributed by atoms with Crippen molar-refractivity contribution in [3.8, 4) is 22.9 Å². The number of anilines is 1. The lowest BCUT2D eigenvalue weighted by Crippen LogP contribution is -2.51. The third kappa shape index (κ3) is 5.37. The van der Waals surface area contributed by atoms with Crippen LogP contribution in [0.15, 0.2) is 42.5 Å². The Morgan fingerprint density at radius 1 is 1.04 bits per heavy atom. The first-order valence-electron chi connectivity index (χ1n) is 16.3. The van der Waals surface area contributed by atoms with Crippen LogP contribution in [0.4, 0.5) is 10.2 Å². The number of phenolic OH excluding ortho intramolecular Hbond substituents is 1. The van der Waals surface area contributed by atoms with Crippen LogP contribution >= 0.6 is 11.6 Å². The van der Waals surface area contributed by atoms with Crippen LogP contribution in [0.5, 0.6) is 11.8 Å². The first-order chi connectivity index (χ1) is 21.9. The molecule has 1 aromatic heterocycles. The summed E-state index contributed by atoms with van der Waals surface area (Å²) in [7, 11) is 0. The molecule has 5 heterocycles. The minimum atomic E-state index is -0.545. The van der Waals surface area contributed by atoms with Crippen molar-refractivity contribution in [1.29, 1.82) is 0 Å². The highest BCUT2D eigenvalue weighted by Gasteiger charge is 2.38. The second kappa shape index (κ2) is 11.8. The van der Waals surface area contributed by atoms with Crippen LogP contribution in [-0.4, -0.2) is 83.6 Å². The molecule has 45 heavy (non-hydrogen) atoms. The van der Waals surface area contributed by atoms with E-state index in [-0.39, 0.29) is 33.8 Å². The van der Waals surface area contributed by atoms with E-state index in [4.69, 9.17) is 31.0 Å². The molecule has 8 rings (SSSR count). The summed E-state index contributed by atoms with van der Waals surface area (Å²) in [6.07, 6.45) is 5.55. The molecule has 8 nitrogen and oxygen atoms in total. The van der Waals surface area contributed by atoms with E-state index in [1.165, 1.54) is 12.8 Å². The van der Waals surface area contributed by atoms with Crippen LogP contribution in [0.25, 0.3) is 32.8 Å². The van der Waals surface area contributed by atoms with Gasteiger partial charge >= 0.3 is 6.01 Å². The van der Waals surface area contributed by atoms with Crippen LogP contribution in [0.3, 0.4) is 0 Å². The Labute approximate surface area is 267 Å². The third-order valence-electron chi connectivity index (χ3n) is 10.4. The van der Waals surface area contributed by atoms with Gasteiger partial charge in [0.25, 0.3) is 0 Å². The maximum atomic E-state index is 16.9. The van der Waals surface area contributed by atoms with Gasteiger partial charge in [-0.15, -0.1) is 0 Å². The van der Waals surface area contributed by atoms with Crippen molar-refractivity contribution < 1.29 is 19.0 Å². The zero-order valence-corrected chi connectivity index (χ0v) is 26.3. The van der Waals surface area contributed by atoms with Crippen molar-refractivity contribution >= 4 is 39.1 Å². The summed E-state index contributed by atoms with van der Waals surface area (Å²) in [6.45, 7) is 6.73. The predicted octanol–water partition coefficient (Wildman–Crippen LogP) is 6.16. The number of aromatic nitrogens is 2. The number of morpholine rings is 1. The molecule has 2 N–H and O–H groups in total. The Bertz CT molecular complexity index is 1730. The topological polar surface area (TPSA) is 83.0 Å². The lowest BCUT2D eigenvalue weighted by atomic mass is 9.96. The van der Waals surface area contributed by atoms with Crippen molar-refractivity contribution in [3.63, 3.8) is 0 Å². The molecule has 10 heteroatoms. The molecule has 4 fully saturated rings. The highest BCUT2D eigenvalue weighted by atomic mass is 35.5. The van der Waals surface area contributed by atoms with Crippen molar-refractivity contribution in [2.24, 2.45) is 5.92 Å². The first kappa shape index (κ1) is 29.2. The molecule has 4 aromatic rings. The Balaban J connectivity index is 1.19. The molecule has 236 valence electrons. The maximum absolute atomic E-state index is 16.9. The molecule has 3 aromatic carbocycles. The van der Waals surface area contributed by atoms with Crippen LogP contribution in [0.2, 0.25) is 5.02 Å². The first-order valence-corrected chi connectivity index (χ1v) is 16.7. The number of benzene rings is 3. The highest BCUT2D eigenvalue weighted by molar-refractivity contribution is 6.35. The van der Waals surface area contributed by atoms with Gasteiger partial charge in [-0.05, 0) is 66.6 Å². The minimum Gasteiger partial charge on any atom is -0.508 e. The fraction of sp³-hybridized carbons (Fsp3) is 0.486. The largest absolute Gasteiger partial charge is 0.508 e. The Morgan fingerprint density at radius 3 is 2.56 bits per heavy atom. The fourth-order valence-corrected chi connectivity index (χ4v) is 8.28. The van der Waals surface area contributed by atoms with Crippen molar-refractivity contribution in [2.45, 2.75) is 63.2 Å². The standard InChI is InChI=1S/C35H39ClFN5O3/c1-2-20(14-42-24-9-10-25(42)19-44-18-24)17-45-35-39-33-29(34(40-35)41-15-22-7-8-23(16-41)38-22)13-30(36)31(32(33)37)28-12-26(43)11-21-5-3-4-6-27(21)28/h3-6,11-13,20,22-25,38,43H,2,7-10,14-19H2,1H3. The normalized spacial score (nSPS) is 25.4. The van der Waals surface area contributed by atoms with E-state index < -0.39 is 5.82 Å². The molecular formula is C35H39ClFN5O3. The second-order valence-corrected chi connectivity index (χ2v) is 13.6. The Hall–Kier alpha value is -3.24. The van der Waals surface area contributed by atoms with Gasteiger partial charge < -0.3 is 24.8 Å². The van der Waals surface area contributed by atoms with Gasteiger partial charge in [0.1, 0.15) is 17.1 Å². The van der Waals surface area contributed by atoms with Gasteiger partial charge in [0.15, 0.2) is 5.82 Å². The van der Waals surface area contributed by atoms with E-state index in [1.54, 1.807) is 18.2 Å². The molecular weight excluding hydrogens is 593 g/mol. The number of rotatable bonds is 8. The van der Waals surface area contributed by atoms with Crippen molar-refractivity contribution in [1.82, 2.24) is 20.2 Å². The summed E-state index contributed by atoms with van der Waals surface area (Å²) >= 11 is 6.91. The predicted molar refractivity (Wildman–Crippen MR) is 175 cm³/mol. The Morgan fingerprint density at radius 2 is 1.80 bits per heavy atom. The maximum Gasteiger partial charge on any atom is 0.319 e. The van der Waals surface area contributed by atoms with E-state index in [9.17, 15) is 5.11 Å². The number of piperazine rings is 1. The van der Waals surface area contributed by atoms with E-state index in [0.29, 0.717) is 47.5 Å². The SMILES string of the molecule is CCC(COc1nc(N2CC3CCC(C2)N3)c2cc(Cl)c(-c3cc(O)cc4ccccc34)c(F)c2n1)CN1C2CCC1COC2. The second-order valence-electron chi connectivity index (χ2n) is 13.2. The summed E-state index contributed by atoms with van der Waals surface area (Å²) in [5, 5.41) is 16.6. The number of nitrogens with zero attached hydrogens (tertiary/aromatic N) is 4. The number of hydrogen-bond donors (Lipinski definition) is 2. The number of fused-ring (bicyclic) bond motifs is 6. The zero-order valence-electron chi connectivity index (χ0n) is 25.5. The van der Waals surface area contributed by atoms with Crippen LogP contribution in [0, 0.1) is 11.7 Å². The van der Waals surface area contributed by atoms with Gasteiger partial charge in [0, 0.05) is 60.7 Å². The van der Waals surface area contributed by atoms with Gasteiger partial charge in [-0.1, -0.05) is 42.8 Å². The molecule has 5 atom stereocenters. The molecule has 0 amide bonds. The van der Waals surface area contributed by atoms with Gasteiger partial charge in [0.05, 0.1) is 24.8 Å². The molecule has 0 spiro atoms. The molecule has 5 unspecified atom stereocenters. The number of phenols is 1. The summed E-state index contributed by atoms with van der Waals surface area (Å²) in [4.78, 5) is 14.5. The number of ether oxygens (including phenoxy) is 2. The van der Waals surface area contributed by atoms with E-state index in [0.717, 1.165) is 62.9 Å². The smallest absolute Gasteiger partial charge is 0.319 e. The van der Waals surface area contributed by atoms with Crippen molar-refractivity contribution in [2.75, 3.05) is 44.4 Å². The molecule has 4 aliphatic rings. The van der Waals surface area contributed by atoms with Crippen LogP contribution < -0.4 is 15.0 Å². The minimum absolute atomic E-state index is 0.0438. The molecule has 0 saturated carbocycles. The lowest BCUT2D eigenvalue weighted by Gasteiger charge is -2.36. The van der Waals surface area contributed by atoms with E-state index >= 15 is 4.39 Å². The van der Waals surface area contributed by atoms with Crippen LogP contribution in [-0.2, 0) is 4.74 Å². The number of nitrogens with one attached hydrogen (secondary N) is 1. The summed E-state index contributed by atoms with van der Waals surface area (Å²) < 4.78 is 29.0. The van der Waals surface area contributed by atoms with Gasteiger partial charge in [-0.2, -0.15) is 9.97 Å². The summed E-state index contributed by atoms with van der Waals surface area (Å²) in [5.41, 5.74) is 0.900. The van der Waals surface area contributed by atoms with Gasteiger partial charge in [-0.25, -0.2) is 4.39 Å². The summed E-state index contributed by atoms with van der Waals surface area (Å²) in [5.74, 6) is 0.438. The molecule has 0 aliphatic carbocycles. The molecule has 4 aliphatic heterocycles. The molecule has 4 saturated heterocycles. The van der Waals surface area contributed by atoms with Crippen molar-refractivity contribution in [3.05, 3.63) is 53.3 Å². The number of aromatic hydroxyl groups is 1. The average Bonchev–Trinajstić information content (AvgIpc) is 3.48. The number of hydrogen-bond acceptors (Lipinski definition) is 8. The lowest BCUT2D eigenvalue weighted by molar-refractivity contribution is -0.0246.